The number of hydrogen-bond acceptors (Lipinski definition) is 5. The van der Waals surface area contributed by atoms with E-state index in [1.165, 1.54) is 5.01 Å². The molecule has 2 aromatic carbocycles. The average molecular weight is 391 g/mol. The number of anilines is 2. The van der Waals surface area contributed by atoms with Crippen LogP contribution < -0.4 is 9.91 Å². The minimum Gasteiger partial charge on any atom is -0.451 e. The molecule has 0 fully saturated rings. The van der Waals surface area contributed by atoms with Gasteiger partial charge >= 0.3 is 5.97 Å². The third-order valence-corrected chi connectivity index (χ3v) is 5.07. The largest absolute Gasteiger partial charge is 0.451 e. The number of fused-ring (bicyclic) bond motifs is 1. The molecule has 148 valence electrons. The van der Waals surface area contributed by atoms with Crippen molar-refractivity contribution in [2.24, 2.45) is 5.10 Å². The van der Waals surface area contributed by atoms with E-state index >= 15 is 0 Å². The molecule has 2 aliphatic rings. The van der Waals surface area contributed by atoms with Gasteiger partial charge in [0.25, 0.3) is 5.91 Å². The Bertz CT molecular complexity index is 987. The first-order chi connectivity index (χ1) is 14.0. The van der Waals surface area contributed by atoms with Gasteiger partial charge in [0.15, 0.2) is 6.61 Å². The summed E-state index contributed by atoms with van der Waals surface area (Å²) in [6.45, 7) is 1.60. The average Bonchev–Trinajstić information content (AvgIpc) is 3.08. The molecule has 0 N–H and O–H groups in total. The molecule has 2 aliphatic heterocycles. The summed E-state index contributed by atoms with van der Waals surface area (Å²) < 4.78 is 5.24. The van der Waals surface area contributed by atoms with Gasteiger partial charge in [-0.05, 0) is 37.1 Å². The predicted molar refractivity (Wildman–Crippen MR) is 109 cm³/mol. The summed E-state index contributed by atoms with van der Waals surface area (Å²) in [5.41, 5.74) is 2.68. The van der Waals surface area contributed by atoms with E-state index < -0.39 is 5.97 Å². The molecule has 2 aromatic rings. The minimum absolute atomic E-state index is 0.0109. The summed E-state index contributed by atoms with van der Waals surface area (Å²) >= 11 is 0. The number of benzene rings is 2. The second-order valence-electron chi connectivity index (χ2n) is 7.11. The van der Waals surface area contributed by atoms with Crippen molar-refractivity contribution in [2.45, 2.75) is 32.2 Å². The van der Waals surface area contributed by atoms with E-state index in [0.29, 0.717) is 5.69 Å². The van der Waals surface area contributed by atoms with Crippen LogP contribution >= 0.6 is 0 Å². The Labute approximate surface area is 168 Å². The molecule has 1 atom stereocenters. The zero-order chi connectivity index (χ0) is 20.4. The van der Waals surface area contributed by atoms with Gasteiger partial charge in [0.2, 0.25) is 5.91 Å². The van der Waals surface area contributed by atoms with Crippen LogP contribution in [0.25, 0.3) is 0 Å². The van der Waals surface area contributed by atoms with E-state index in [1.54, 1.807) is 29.2 Å². The SMILES string of the molecule is C[C@H]1Cc2ccccc2N1C(=O)COC(=O)C1=NN(c2ccccc2)C(=O)CC1. The fourth-order valence-corrected chi connectivity index (χ4v) is 3.70. The lowest BCUT2D eigenvalue weighted by Crippen LogP contribution is -2.40. The van der Waals surface area contributed by atoms with Crippen molar-refractivity contribution >= 4 is 34.9 Å². The number of carbonyl (C=O) groups excluding carboxylic acids is 3. The molecule has 0 saturated heterocycles. The molecule has 0 bridgehead atoms. The molecule has 7 nitrogen and oxygen atoms in total. The first-order valence-corrected chi connectivity index (χ1v) is 9.57. The van der Waals surface area contributed by atoms with Crippen molar-refractivity contribution in [3.8, 4) is 0 Å². The Hall–Kier alpha value is -3.48. The van der Waals surface area contributed by atoms with E-state index in [1.807, 2.05) is 37.3 Å². The Kier molecular flexibility index (Phi) is 5.12. The Balaban J connectivity index is 1.43. The lowest BCUT2D eigenvalue weighted by Gasteiger charge is -2.24. The first kappa shape index (κ1) is 18.9. The van der Waals surface area contributed by atoms with Gasteiger partial charge in [0.1, 0.15) is 5.71 Å². The van der Waals surface area contributed by atoms with Crippen molar-refractivity contribution in [1.82, 2.24) is 0 Å². The van der Waals surface area contributed by atoms with Crippen molar-refractivity contribution in [3.05, 3.63) is 60.2 Å². The Morgan fingerprint density at radius 3 is 2.59 bits per heavy atom. The second-order valence-corrected chi connectivity index (χ2v) is 7.11. The van der Waals surface area contributed by atoms with E-state index in [-0.39, 0.29) is 43.0 Å². The molecule has 29 heavy (non-hydrogen) atoms. The van der Waals surface area contributed by atoms with Gasteiger partial charge < -0.3 is 9.64 Å². The summed E-state index contributed by atoms with van der Waals surface area (Å²) in [5.74, 6) is -1.14. The first-order valence-electron chi connectivity index (χ1n) is 9.57. The zero-order valence-corrected chi connectivity index (χ0v) is 16.1. The molecule has 0 aliphatic carbocycles. The maximum Gasteiger partial charge on any atom is 0.355 e. The Morgan fingerprint density at radius 2 is 1.79 bits per heavy atom. The number of hydrazone groups is 1. The van der Waals surface area contributed by atoms with Crippen LogP contribution in [-0.2, 0) is 25.5 Å². The maximum absolute atomic E-state index is 12.7. The van der Waals surface area contributed by atoms with Gasteiger partial charge in [0.05, 0.1) is 5.69 Å². The van der Waals surface area contributed by atoms with Crippen LogP contribution in [0.4, 0.5) is 11.4 Å². The Morgan fingerprint density at radius 1 is 1.07 bits per heavy atom. The van der Waals surface area contributed by atoms with Crippen molar-refractivity contribution < 1.29 is 19.1 Å². The van der Waals surface area contributed by atoms with Gasteiger partial charge in [-0.3, -0.25) is 9.59 Å². The van der Waals surface area contributed by atoms with Crippen LogP contribution in [0.3, 0.4) is 0 Å². The standard InChI is InChI=1S/C22H21N3O4/c1-15-13-16-7-5-6-10-19(16)24(15)21(27)14-29-22(28)18-11-12-20(26)25(23-18)17-8-3-2-4-9-17/h2-10,15H,11-14H2,1H3/t15-/m0/s1. The number of carbonyl (C=O) groups is 3. The summed E-state index contributed by atoms with van der Waals surface area (Å²) in [4.78, 5) is 39.0. The predicted octanol–water partition coefficient (Wildman–Crippen LogP) is 2.69. The number of hydrogen-bond donors (Lipinski definition) is 0. The number of amides is 2. The summed E-state index contributed by atoms with van der Waals surface area (Å²) in [6, 6.07) is 16.6. The van der Waals surface area contributed by atoms with Gasteiger partial charge in [-0.2, -0.15) is 5.10 Å². The molecular weight excluding hydrogens is 370 g/mol. The van der Waals surface area contributed by atoms with E-state index in [9.17, 15) is 14.4 Å². The molecule has 7 heteroatoms. The third kappa shape index (κ3) is 3.76. The molecule has 4 rings (SSSR count). The van der Waals surface area contributed by atoms with Crippen LogP contribution in [0.2, 0.25) is 0 Å². The van der Waals surface area contributed by atoms with Crippen LogP contribution in [0, 0.1) is 0 Å². The monoisotopic (exact) mass is 391 g/mol. The van der Waals surface area contributed by atoms with Crippen LogP contribution in [-0.4, -0.2) is 36.1 Å². The zero-order valence-electron chi connectivity index (χ0n) is 16.1. The fourth-order valence-electron chi connectivity index (χ4n) is 3.70. The highest BCUT2D eigenvalue weighted by Gasteiger charge is 2.32. The quantitative estimate of drug-likeness (QED) is 0.751. The third-order valence-electron chi connectivity index (χ3n) is 5.07. The molecule has 0 saturated carbocycles. The topological polar surface area (TPSA) is 79.3 Å². The van der Waals surface area contributed by atoms with Gasteiger partial charge in [-0.15, -0.1) is 0 Å². The summed E-state index contributed by atoms with van der Waals surface area (Å²) in [5, 5.41) is 5.37. The van der Waals surface area contributed by atoms with Gasteiger partial charge in [-0.1, -0.05) is 36.4 Å². The molecule has 0 radical (unpaired) electrons. The van der Waals surface area contributed by atoms with E-state index in [0.717, 1.165) is 17.7 Å². The normalized spacial score (nSPS) is 18.3. The van der Waals surface area contributed by atoms with Crippen LogP contribution in [0.1, 0.15) is 25.3 Å². The summed E-state index contributed by atoms with van der Waals surface area (Å²) in [7, 11) is 0. The highest BCUT2D eigenvalue weighted by atomic mass is 16.5. The molecule has 2 amide bonds. The number of ether oxygens (including phenoxy) is 1. The van der Waals surface area contributed by atoms with Crippen molar-refractivity contribution in [3.63, 3.8) is 0 Å². The fraction of sp³-hybridized carbons (Fsp3) is 0.273. The highest BCUT2D eigenvalue weighted by Crippen LogP contribution is 2.31. The highest BCUT2D eigenvalue weighted by molar-refractivity contribution is 6.38. The lowest BCUT2D eigenvalue weighted by molar-refractivity contribution is -0.141. The number of para-hydroxylation sites is 2. The molecule has 2 heterocycles. The number of esters is 1. The van der Waals surface area contributed by atoms with Crippen molar-refractivity contribution in [2.75, 3.05) is 16.5 Å². The lowest BCUT2D eigenvalue weighted by atomic mass is 10.1. The molecule has 0 unspecified atom stereocenters. The van der Waals surface area contributed by atoms with E-state index in [4.69, 9.17) is 4.74 Å². The van der Waals surface area contributed by atoms with Crippen LogP contribution in [0.15, 0.2) is 59.7 Å². The molecule has 0 aromatic heterocycles. The smallest absolute Gasteiger partial charge is 0.355 e. The number of rotatable bonds is 4. The van der Waals surface area contributed by atoms with Gasteiger partial charge in [0, 0.05) is 24.6 Å². The summed E-state index contributed by atoms with van der Waals surface area (Å²) in [6.07, 6.45) is 1.13. The van der Waals surface area contributed by atoms with Gasteiger partial charge in [-0.25, -0.2) is 9.80 Å². The minimum atomic E-state index is -0.674. The number of nitrogens with zero attached hydrogens (tertiary/aromatic N) is 3. The molecular formula is C22H21N3O4. The second kappa shape index (κ2) is 7.87. The van der Waals surface area contributed by atoms with Crippen molar-refractivity contribution in [1.29, 1.82) is 0 Å². The van der Waals surface area contributed by atoms with Crippen LogP contribution in [0.5, 0.6) is 0 Å². The maximum atomic E-state index is 12.7. The van der Waals surface area contributed by atoms with E-state index in [2.05, 4.69) is 5.10 Å². The molecule has 0 spiro atoms.